The zero-order chi connectivity index (χ0) is 26.7. The molecule has 1 aliphatic carbocycles. The Morgan fingerprint density at radius 1 is 1.08 bits per heavy atom. The van der Waals surface area contributed by atoms with E-state index in [-0.39, 0.29) is 46.8 Å². The Morgan fingerprint density at radius 2 is 1.79 bits per heavy atom. The maximum Gasteiger partial charge on any atom is 0.236 e. The molecule has 0 saturated heterocycles. The van der Waals surface area contributed by atoms with E-state index in [1.807, 2.05) is 0 Å². The minimum absolute atomic E-state index is 0. The van der Waals surface area contributed by atoms with Gasteiger partial charge >= 0.3 is 0 Å². The summed E-state index contributed by atoms with van der Waals surface area (Å²) in [5.41, 5.74) is 2.96. The van der Waals surface area contributed by atoms with Crippen LogP contribution in [0.2, 0.25) is 0 Å². The van der Waals surface area contributed by atoms with Crippen LogP contribution in [-0.2, 0) is 25.9 Å². The summed E-state index contributed by atoms with van der Waals surface area (Å²) in [6.07, 6.45) is 8.66. The van der Waals surface area contributed by atoms with Crippen molar-refractivity contribution in [2.45, 2.75) is 87.8 Å². The first-order valence-electron chi connectivity index (χ1n) is 13.1. The number of hydrogen-bond donors (Lipinski definition) is 2. The summed E-state index contributed by atoms with van der Waals surface area (Å²) in [4.78, 5) is 16.5. The summed E-state index contributed by atoms with van der Waals surface area (Å²) in [6, 6.07) is 9.23. The van der Waals surface area contributed by atoms with Gasteiger partial charge in [0, 0.05) is 19.2 Å². The molecule has 0 atom stereocenters. The predicted molar refractivity (Wildman–Crippen MR) is 146 cm³/mol. The number of hydrazine groups is 1. The Balaban J connectivity index is 0.00000507. The molecule has 1 heterocycles. The summed E-state index contributed by atoms with van der Waals surface area (Å²) < 4.78 is 37.5. The van der Waals surface area contributed by atoms with Crippen molar-refractivity contribution in [3.05, 3.63) is 48.2 Å². The average Bonchev–Trinajstić information content (AvgIpc) is 2.89. The SMILES string of the molecule is CCCCOc1ccc(S(=O)(=O)c2cc(CN(O)NC(=O)C[C@H]3CC[C@H](OCCC)CC3)ccn2)cc1.Cl. The van der Waals surface area contributed by atoms with Crippen LogP contribution in [-0.4, -0.2) is 49.0 Å². The average molecular weight is 570 g/mol. The lowest BCUT2D eigenvalue weighted by molar-refractivity contribution is -0.166. The number of carbonyl (C=O) groups excluding carboxylic acids is 1. The number of nitrogens with zero attached hydrogens (tertiary/aromatic N) is 2. The molecule has 0 radical (unpaired) electrons. The molecule has 1 aromatic carbocycles. The van der Waals surface area contributed by atoms with Crippen LogP contribution in [0, 0.1) is 5.92 Å². The molecular formula is C27H40ClN3O6S. The van der Waals surface area contributed by atoms with Crippen molar-refractivity contribution in [2.24, 2.45) is 5.92 Å². The summed E-state index contributed by atoms with van der Waals surface area (Å²) in [5.74, 6) is 0.596. The highest BCUT2D eigenvalue weighted by Gasteiger charge is 2.24. The number of aromatic nitrogens is 1. The number of carbonyl (C=O) groups is 1. The van der Waals surface area contributed by atoms with Gasteiger partial charge in [0.1, 0.15) is 5.75 Å². The van der Waals surface area contributed by atoms with E-state index in [0.717, 1.165) is 51.6 Å². The number of sulfone groups is 1. The first-order chi connectivity index (χ1) is 17.8. The number of rotatable bonds is 14. The molecule has 0 bridgehead atoms. The molecule has 38 heavy (non-hydrogen) atoms. The Hall–Kier alpha value is -2.24. The molecule has 1 aliphatic rings. The van der Waals surface area contributed by atoms with Crippen molar-refractivity contribution in [2.75, 3.05) is 13.2 Å². The van der Waals surface area contributed by atoms with Gasteiger partial charge in [0.05, 0.1) is 24.2 Å². The molecule has 212 valence electrons. The molecule has 2 aromatic rings. The highest BCUT2D eigenvalue weighted by atomic mass is 35.5. The lowest BCUT2D eigenvalue weighted by Gasteiger charge is -2.28. The second-order valence-electron chi connectivity index (χ2n) is 9.49. The predicted octanol–water partition coefficient (Wildman–Crippen LogP) is 5.11. The molecule has 9 nitrogen and oxygen atoms in total. The molecule has 0 unspecified atom stereocenters. The summed E-state index contributed by atoms with van der Waals surface area (Å²) in [5, 5.41) is 10.8. The number of halogens is 1. The number of ether oxygens (including phenoxy) is 2. The second kappa shape index (κ2) is 16.0. The highest BCUT2D eigenvalue weighted by molar-refractivity contribution is 7.91. The zero-order valence-corrected chi connectivity index (χ0v) is 23.8. The van der Waals surface area contributed by atoms with E-state index in [4.69, 9.17) is 9.47 Å². The molecular weight excluding hydrogens is 530 g/mol. The lowest BCUT2D eigenvalue weighted by atomic mass is 9.85. The van der Waals surface area contributed by atoms with Gasteiger partial charge in [0.2, 0.25) is 15.7 Å². The van der Waals surface area contributed by atoms with Gasteiger partial charge in [-0.15, -0.1) is 12.4 Å². The van der Waals surface area contributed by atoms with E-state index in [9.17, 15) is 18.4 Å². The van der Waals surface area contributed by atoms with Gasteiger partial charge in [0.15, 0.2) is 5.03 Å². The first-order valence-corrected chi connectivity index (χ1v) is 14.6. The zero-order valence-electron chi connectivity index (χ0n) is 22.2. The van der Waals surface area contributed by atoms with Crippen molar-refractivity contribution in [3.8, 4) is 5.75 Å². The number of pyridine rings is 1. The number of hydrogen-bond acceptors (Lipinski definition) is 8. The van der Waals surface area contributed by atoms with E-state index in [1.165, 1.54) is 24.4 Å². The van der Waals surface area contributed by atoms with Crippen LogP contribution in [0.3, 0.4) is 0 Å². The number of benzene rings is 1. The van der Waals surface area contributed by atoms with E-state index in [1.54, 1.807) is 18.2 Å². The van der Waals surface area contributed by atoms with Gasteiger partial charge in [0.25, 0.3) is 0 Å². The molecule has 1 amide bonds. The normalized spacial score (nSPS) is 17.6. The van der Waals surface area contributed by atoms with Crippen LogP contribution in [0.4, 0.5) is 0 Å². The van der Waals surface area contributed by atoms with Gasteiger partial charge in [-0.2, -0.15) is 0 Å². The maximum absolute atomic E-state index is 13.1. The second-order valence-corrected chi connectivity index (χ2v) is 11.4. The number of unbranched alkanes of at least 4 members (excludes halogenated alkanes) is 1. The van der Waals surface area contributed by atoms with Crippen LogP contribution < -0.4 is 10.2 Å². The van der Waals surface area contributed by atoms with Crippen molar-refractivity contribution in [1.82, 2.24) is 15.6 Å². The van der Waals surface area contributed by atoms with Crippen LogP contribution >= 0.6 is 12.4 Å². The lowest BCUT2D eigenvalue weighted by Crippen LogP contribution is -2.40. The molecule has 1 saturated carbocycles. The third-order valence-electron chi connectivity index (χ3n) is 6.39. The topological polar surface area (TPSA) is 118 Å². The van der Waals surface area contributed by atoms with Crippen LogP contribution in [0.5, 0.6) is 5.75 Å². The van der Waals surface area contributed by atoms with Gasteiger partial charge in [-0.1, -0.05) is 25.4 Å². The monoisotopic (exact) mass is 569 g/mol. The molecule has 0 spiro atoms. The number of amides is 1. The van der Waals surface area contributed by atoms with E-state index >= 15 is 0 Å². The van der Waals surface area contributed by atoms with Crippen molar-refractivity contribution < 1.29 is 27.9 Å². The van der Waals surface area contributed by atoms with Gasteiger partial charge in [-0.25, -0.2) is 13.4 Å². The fraction of sp³-hybridized carbons (Fsp3) is 0.556. The summed E-state index contributed by atoms with van der Waals surface area (Å²) in [7, 11) is -3.86. The molecule has 0 aliphatic heterocycles. The Kier molecular flexibility index (Phi) is 13.5. The fourth-order valence-electron chi connectivity index (χ4n) is 4.32. The third kappa shape index (κ3) is 9.81. The van der Waals surface area contributed by atoms with Crippen molar-refractivity contribution in [1.29, 1.82) is 0 Å². The number of hydroxylamine groups is 1. The van der Waals surface area contributed by atoms with Gasteiger partial charge in [-0.05, 0) is 86.4 Å². The largest absolute Gasteiger partial charge is 0.494 e. The molecule has 1 aromatic heterocycles. The Labute approximate surface area is 232 Å². The minimum Gasteiger partial charge on any atom is -0.494 e. The minimum atomic E-state index is -3.86. The quantitative estimate of drug-likeness (QED) is 0.238. The summed E-state index contributed by atoms with van der Waals surface area (Å²) >= 11 is 0. The Bertz CT molecular complexity index is 1090. The van der Waals surface area contributed by atoms with Crippen LogP contribution in [0.1, 0.15) is 70.8 Å². The third-order valence-corrected chi connectivity index (χ3v) is 8.05. The highest BCUT2D eigenvalue weighted by Crippen LogP contribution is 2.28. The first kappa shape index (κ1) is 32.0. The number of nitrogens with one attached hydrogen (secondary N) is 1. The van der Waals surface area contributed by atoms with Gasteiger partial charge < -0.3 is 9.47 Å². The maximum atomic E-state index is 13.1. The van der Waals surface area contributed by atoms with Crippen molar-refractivity contribution in [3.63, 3.8) is 0 Å². The van der Waals surface area contributed by atoms with Crippen molar-refractivity contribution >= 4 is 28.2 Å². The van der Waals surface area contributed by atoms with Crippen LogP contribution in [0.15, 0.2) is 52.5 Å². The van der Waals surface area contributed by atoms with E-state index in [0.29, 0.717) is 29.5 Å². The fourth-order valence-corrected chi connectivity index (χ4v) is 5.56. The summed E-state index contributed by atoms with van der Waals surface area (Å²) in [6.45, 7) is 5.43. The molecule has 1 fully saturated rings. The standard InChI is InChI=1S/C27H39N3O6S.ClH/c1-3-5-17-36-24-10-12-25(13-11-24)37(33,34)27-19-22(14-15-28-27)20-30(32)29-26(31)18-21-6-8-23(9-7-21)35-16-4-2;/h10-15,19,21,23,32H,3-9,16-18,20H2,1-2H3,(H,29,31);1H/t21-,23-;. The van der Waals surface area contributed by atoms with E-state index < -0.39 is 9.84 Å². The van der Waals surface area contributed by atoms with Gasteiger partial charge in [-0.3, -0.25) is 15.4 Å². The smallest absolute Gasteiger partial charge is 0.236 e. The van der Waals surface area contributed by atoms with E-state index in [2.05, 4.69) is 24.3 Å². The molecule has 11 heteroatoms. The molecule has 3 rings (SSSR count). The van der Waals surface area contributed by atoms with Crippen LogP contribution in [0.25, 0.3) is 0 Å². The Morgan fingerprint density at radius 3 is 2.45 bits per heavy atom. The molecule has 2 N–H and O–H groups in total.